The minimum atomic E-state index is -0.0623. The van der Waals surface area contributed by atoms with Gasteiger partial charge in [0, 0.05) is 61.8 Å². The summed E-state index contributed by atoms with van der Waals surface area (Å²) >= 11 is 6.19. The van der Waals surface area contributed by atoms with Crippen LogP contribution >= 0.6 is 11.6 Å². The summed E-state index contributed by atoms with van der Waals surface area (Å²) in [5.74, 6) is 2.00. The van der Waals surface area contributed by atoms with Crippen LogP contribution in [0.3, 0.4) is 0 Å². The van der Waals surface area contributed by atoms with E-state index in [-0.39, 0.29) is 17.7 Å². The van der Waals surface area contributed by atoms with Gasteiger partial charge in [0.2, 0.25) is 5.91 Å². The molecule has 2 aliphatic rings. The number of nitrogens with zero attached hydrogens (tertiary/aromatic N) is 5. The number of rotatable bonds is 4. The minimum Gasteiger partial charge on any atom is -0.353 e. The first-order valence-electron chi connectivity index (χ1n) is 10.8. The number of piperazine rings is 1. The Morgan fingerprint density at radius 3 is 2.45 bits per heavy atom. The first-order valence-corrected chi connectivity index (χ1v) is 11.2. The van der Waals surface area contributed by atoms with Gasteiger partial charge in [-0.05, 0) is 31.5 Å². The summed E-state index contributed by atoms with van der Waals surface area (Å²) in [6.45, 7) is 9.37. The van der Waals surface area contributed by atoms with E-state index in [9.17, 15) is 9.59 Å². The van der Waals surface area contributed by atoms with Crippen molar-refractivity contribution in [1.29, 1.82) is 0 Å². The summed E-state index contributed by atoms with van der Waals surface area (Å²) in [6, 6.07) is 7.18. The molecule has 31 heavy (non-hydrogen) atoms. The summed E-state index contributed by atoms with van der Waals surface area (Å²) in [4.78, 5) is 40.6. The van der Waals surface area contributed by atoms with Crippen LogP contribution in [0.2, 0.25) is 5.02 Å². The zero-order chi connectivity index (χ0) is 22.1. The largest absolute Gasteiger partial charge is 0.353 e. The van der Waals surface area contributed by atoms with Crippen LogP contribution in [-0.2, 0) is 4.79 Å². The average molecular weight is 442 g/mol. The van der Waals surface area contributed by atoms with Gasteiger partial charge in [0.25, 0.3) is 5.91 Å². The molecular weight excluding hydrogens is 414 g/mol. The highest BCUT2D eigenvalue weighted by molar-refractivity contribution is 6.31. The van der Waals surface area contributed by atoms with Crippen molar-refractivity contribution in [2.45, 2.75) is 39.5 Å². The SMILES string of the molecule is Cc1cc(N2CCN(C(=O)c3ccc(Cl)cc3N3CCCC3=O)CC2)nc(C(C)C)n1. The number of amides is 2. The standard InChI is InChI=1S/C23H28ClN5O2/c1-15(2)22-25-16(3)13-20(26-22)27-9-11-28(12-10-27)23(31)18-7-6-17(24)14-19(18)29-8-4-5-21(29)30/h6-7,13-15H,4-5,8-12H2,1-3H3. The number of aryl methyl sites for hydroxylation is 1. The Labute approximate surface area is 188 Å². The second kappa shape index (κ2) is 8.83. The smallest absolute Gasteiger partial charge is 0.256 e. The number of halogens is 1. The van der Waals surface area contributed by atoms with Gasteiger partial charge in [-0.1, -0.05) is 25.4 Å². The van der Waals surface area contributed by atoms with Gasteiger partial charge in [-0.3, -0.25) is 9.59 Å². The predicted octanol–water partition coefficient (Wildman–Crippen LogP) is 3.65. The molecule has 0 radical (unpaired) electrons. The number of benzene rings is 1. The highest BCUT2D eigenvalue weighted by Gasteiger charge is 2.29. The Morgan fingerprint density at radius 2 is 1.81 bits per heavy atom. The van der Waals surface area contributed by atoms with Crippen molar-refractivity contribution in [2.75, 3.05) is 42.5 Å². The molecule has 8 heteroatoms. The number of hydrogen-bond donors (Lipinski definition) is 0. The fourth-order valence-corrected chi connectivity index (χ4v) is 4.28. The first kappa shape index (κ1) is 21.6. The summed E-state index contributed by atoms with van der Waals surface area (Å²) in [5.41, 5.74) is 2.11. The fraction of sp³-hybridized carbons (Fsp3) is 0.478. The van der Waals surface area contributed by atoms with Crippen LogP contribution in [0, 0.1) is 6.92 Å². The molecule has 2 saturated heterocycles. The lowest BCUT2D eigenvalue weighted by Crippen LogP contribution is -2.49. The topological polar surface area (TPSA) is 69.6 Å². The Kier molecular flexibility index (Phi) is 6.14. The molecule has 0 aliphatic carbocycles. The van der Waals surface area contributed by atoms with Crippen LogP contribution in [0.1, 0.15) is 54.5 Å². The molecule has 0 atom stereocenters. The van der Waals surface area contributed by atoms with E-state index in [2.05, 4.69) is 23.7 Å². The molecule has 3 heterocycles. The van der Waals surface area contributed by atoms with Crippen molar-refractivity contribution in [1.82, 2.24) is 14.9 Å². The fourth-order valence-electron chi connectivity index (χ4n) is 4.12. The number of carbonyl (C=O) groups excluding carboxylic acids is 2. The number of anilines is 2. The maximum absolute atomic E-state index is 13.3. The Bertz CT molecular complexity index is 1000. The zero-order valence-corrected chi connectivity index (χ0v) is 19.0. The molecule has 4 rings (SSSR count). The first-order chi connectivity index (χ1) is 14.8. The third kappa shape index (κ3) is 4.51. The molecule has 0 bridgehead atoms. The van der Waals surface area contributed by atoms with Crippen molar-refractivity contribution < 1.29 is 9.59 Å². The van der Waals surface area contributed by atoms with E-state index < -0.39 is 0 Å². The van der Waals surface area contributed by atoms with Gasteiger partial charge in [-0.25, -0.2) is 9.97 Å². The van der Waals surface area contributed by atoms with Gasteiger partial charge >= 0.3 is 0 Å². The van der Waals surface area contributed by atoms with Crippen molar-refractivity contribution in [2.24, 2.45) is 0 Å². The van der Waals surface area contributed by atoms with Gasteiger partial charge in [0.1, 0.15) is 11.6 Å². The summed E-state index contributed by atoms with van der Waals surface area (Å²) in [5, 5.41) is 0.524. The second-order valence-electron chi connectivity index (χ2n) is 8.47. The normalized spacial score (nSPS) is 17.1. The monoisotopic (exact) mass is 441 g/mol. The lowest BCUT2D eigenvalue weighted by atomic mass is 10.1. The zero-order valence-electron chi connectivity index (χ0n) is 18.3. The quantitative estimate of drug-likeness (QED) is 0.724. The molecule has 0 saturated carbocycles. The second-order valence-corrected chi connectivity index (χ2v) is 8.91. The van der Waals surface area contributed by atoms with Crippen LogP contribution in [-0.4, -0.2) is 59.4 Å². The van der Waals surface area contributed by atoms with Crippen LogP contribution in [0.15, 0.2) is 24.3 Å². The van der Waals surface area contributed by atoms with Crippen molar-refractivity contribution in [3.8, 4) is 0 Å². The molecule has 2 amide bonds. The number of hydrogen-bond acceptors (Lipinski definition) is 5. The van der Waals surface area contributed by atoms with Gasteiger partial charge in [0.15, 0.2) is 0 Å². The summed E-state index contributed by atoms with van der Waals surface area (Å²) in [7, 11) is 0. The molecule has 7 nitrogen and oxygen atoms in total. The maximum atomic E-state index is 13.3. The van der Waals surface area contributed by atoms with Crippen LogP contribution in [0.5, 0.6) is 0 Å². The van der Waals surface area contributed by atoms with E-state index in [0.29, 0.717) is 55.4 Å². The highest BCUT2D eigenvalue weighted by Crippen LogP contribution is 2.30. The van der Waals surface area contributed by atoms with Crippen molar-refractivity contribution in [3.63, 3.8) is 0 Å². The van der Waals surface area contributed by atoms with E-state index >= 15 is 0 Å². The predicted molar refractivity (Wildman–Crippen MR) is 122 cm³/mol. The lowest BCUT2D eigenvalue weighted by molar-refractivity contribution is -0.117. The molecule has 2 aliphatic heterocycles. The van der Waals surface area contributed by atoms with Gasteiger partial charge in [0.05, 0.1) is 11.3 Å². The Morgan fingerprint density at radius 1 is 1.06 bits per heavy atom. The van der Waals surface area contributed by atoms with Gasteiger partial charge < -0.3 is 14.7 Å². The molecule has 0 N–H and O–H groups in total. The Balaban J connectivity index is 1.50. The van der Waals surface area contributed by atoms with Gasteiger partial charge in [-0.15, -0.1) is 0 Å². The molecule has 1 aromatic heterocycles. The molecular formula is C23H28ClN5O2. The van der Waals surface area contributed by atoms with Crippen molar-refractivity contribution in [3.05, 3.63) is 46.4 Å². The third-order valence-electron chi connectivity index (χ3n) is 5.82. The average Bonchev–Trinajstić information content (AvgIpc) is 3.18. The number of carbonyl (C=O) groups is 2. The van der Waals surface area contributed by atoms with Gasteiger partial charge in [-0.2, -0.15) is 0 Å². The highest BCUT2D eigenvalue weighted by atomic mass is 35.5. The van der Waals surface area contributed by atoms with Crippen LogP contribution < -0.4 is 9.80 Å². The van der Waals surface area contributed by atoms with Crippen LogP contribution in [0.25, 0.3) is 0 Å². The van der Waals surface area contributed by atoms with Crippen molar-refractivity contribution >= 4 is 34.9 Å². The molecule has 0 unspecified atom stereocenters. The van der Waals surface area contributed by atoms with E-state index in [1.807, 2.05) is 17.9 Å². The molecule has 2 fully saturated rings. The third-order valence-corrected chi connectivity index (χ3v) is 6.05. The van der Waals surface area contributed by atoms with Crippen LogP contribution in [0.4, 0.5) is 11.5 Å². The molecule has 2 aromatic rings. The molecule has 164 valence electrons. The maximum Gasteiger partial charge on any atom is 0.256 e. The van der Waals surface area contributed by atoms with E-state index in [0.717, 1.165) is 23.8 Å². The molecule has 1 aromatic carbocycles. The van der Waals surface area contributed by atoms with E-state index in [1.54, 1.807) is 23.1 Å². The summed E-state index contributed by atoms with van der Waals surface area (Å²) in [6.07, 6.45) is 1.31. The minimum absolute atomic E-state index is 0.0428. The summed E-state index contributed by atoms with van der Waals surface area (Å²) < 4.78 is 0. The Hall–Kier alpha value is -2.67. The van der Waals surface area contributed by atoms with E-state index in [4.69, 9.17) is 16.6 Å². The number of aromatic nitrogens is 2. The van der Waals surface area contributed by atoms with E-state index in [1.165, 1.54) is 0 Å². The molecule has 0 spiro atoms. The lowest BCUT2D eigenvalue weighted by Gasteiger charge is -2.36.